The number of nitrogens with zero attached hydrogens (tertiary/aromatic N) is 1. The molecule has 3 N–H and O–H groups in total. The highest BCUT2D eigenvalue weighted by Crippen LogP contribution is 2.39. The molecule has 0 bridgehead atoms. The maximum Gasteiger partial charge on any atom is 0.232 e. The van der Waals surface area contributed by atoms with Gasteiger partial charge in [-0.25, -0.2) is 0 Å². The highest BCUT2D eigenvalue weighted by atomic mass is 32.2. The Morgan fingerprint density at radius 1 is 1.33 bits per heavy atom. The molecule has 4 nitrogen and oxygen atoms in total. The summed E-state index contributed by atoms with van der Waals surface area (Å²) >= 11 is 1.68. The van der Waals surface area contributed by atoms with Gasteiger partial charge in [0.15, 0.2) is 0 Å². The summed E-state index contributed by atoms with van der Waals surface area (Å²) in [6, 6.07) is 14.9. The van der Waals surface area contributed by atoms with Gasteiger partial charge in [0.1, 0.15) is 6.07 Å². The number of amides is 1. The van der Waals surface area contributed by atoms with Gasteiger partial charge in [-0.2, -0.15) is 5.26 Å². The Hall–Kier alpha value is -2.45. The van der Waals surface area contributed by atoms with Crippen LogP contribution in [0.15, 0.2) is 47.4 Å². The van der Waals surface area contributed by atoms with E-state index in [1.165, 1.54) is 0 Å². The van der Waals surface area contributed by atoms with Gasteiger partial charge in [0.2, 0.25) is 5.91 Å². The van der Waals surface area contributed by atoms with Crippen LogP contribution in [0.5, 0.6) is 0 Å². The molecule has 0 aromatic heterocycles. The summed E-state index contributed by atoms with van der Waals surface area (Å²) < 4.78 is 0. The van der Waals surface area contributed by atoms with Crippen molar-refractivity contribution >= 4 is 29.0 Å². The van der Waals surface area contributed by atoms with Crippen molar-refractivity contribution in [3.63, 3.8) is 0 Å². The molecule has 21 heavy (non-hydrogen) atoms. The van der Waals surface area contributed by atoms with Crippen LogP contribution in [0.4, 0.5) is 11.4 Å². The Morgan fingerprint density at radius 2 is 2.14 bits per heavy atom. The predicted molar refractivity (Wildman–Crippen MR) is 84.1 cm³/mol. The maximum atomic E-state index is 12.5. The first-order valence-electron chi connectivity index (χ1n) is 6.51. The van der Waals surface area contributed by atoms with Gasteiger partial charge in [-0.3, -0.25) is 4.79 Å². The number of carbonyl (C=O) groups excluding carboxylic acids is 1. The molecule has 1 aliphatic rings. The topological polar surface area (TPSA) is 78.9 Å². The second kappa shape index (κ2) is 5.51. The van der Waals surface area contributed by atoms with Crippen LogP contribution in [0.2, 0.25) is 0 Å². The van der Waals surface area contributed by atoms with E-state index < -0.39 is 0 Å². The summed E-state index contributed by atoms with van der Waals surface area (Å²) in [7, 11) is 0. The zero-order valence-corrected chi connectivity index (χ0v) is 12.0. The number of rotatable bonds is 2. The summed E-state index contributed by atoms with van der Waals surface area (Å²) in [6.45, 7) is 0. The minimum Gasteiger partial charge on any atom is -0.399 e. The van der Waals surface area contributed by atoms with Crippen molar-refractivity contribution in [2.24, 2.45) is 0 Å². The SMILES string of the molecule is N#Cc1cc(N)ccc1NC(=O)C1CSc2ccccc21. The van der Waals surface area contributed by atoms with Crippen LogP contribution in [-0.2, 0) is 4.79 Å². The van der Waals surface area contributed by atoms with E-state index in [-0.39, 0.29) is 11.8 Å². The van der Waals surface area contributed by atoms with Crippen LogP contribution in [0.1, 0.15) is 17.0 Å². The van der Waals surface area contributed by atoms with Crippen LogP contribution in [0.25, 0.3) is 0 Å². The largest absolute Gasteiger partial charge is 0.399 e. The first-order valence-corrected chi connectivity index (χ1v) is 7.50. The van der Waals surface area contributed by atoms with Crippen LogP contribution in [0.3, 0.4) is 0 Å². The van der Waals surface area contributed by atoms with E-state index in [0.717, 1.165) is 16.2 Å². The van der Waals surface area contributed by atoms with E-state index in [4.69, 9.17) is 11.0 Å². The van der Waals surface area contributed by atoms with Gasteiger partial charge < -0.3 is 11.1 Å². The Kier molecular flexibility index (Phi) is 3.55. The van der Waals surface area contributed by atoms with Gasteiger partial charge in [-0.05, 0) is 29.8 Å². The highest BCUT2D eigenvalue weighted by Gasteiger charge is 2.29. The minimum atomic E-state index is -0.185. The maximum absolute atomic E-state index is 12.5. The molecule has 1 amide bonds. The summed E-state index contributed by atoms with van der Waals surface area (Å²) in [4.78, 5) is 13.6. The number of nitrogens with two attached hydrogens (primary N) is 1. The lowest BCUT2D eigenvalue weighted by atomic mass is 10.0. The van der Waals surface area contributed by atoms with E-state index in [2.05, 4.69) is 11.4 Å². The molecule has 1 unspecified atom stereocenters. The second-order valence-corrected chi connectivity index (χ2v) is 5.87. The Bertz CT molecular complexity index is 751. The number of benzene rings is 2. The standard InChI is InChI=1S/C16H13N3OS/c17-8-10-7-11(18)5-6-14(10)19-16(20)13-9-21-15-4-2-1-3-12(13)15/h1-7,13H,9,18H2,(H,19,20). The number of thioether (sulfide) groups is 1. The Morgan fingerprint density at radius 3 is 2.95 bits per heavy atom. The third-order valence-corrected chi connectivity index (χ3v) is 4.62. The molecule has 0 aliphatic carbocycles. The van der Waals surface area contributed by atoms with E-state index in [0.29, 0.717) is 16.9 Å². The quantitative estimate of drug-likeness (QED) is 0.835. The second-order valence-electron chi connectivity index (χ2n) is 4.81. The molecule has 1 aliphatic heterocycles. The van der Waals surface area contributed by atoms with Crippen LogP contribution in [-0.4, -0.2) is 11.7 Å². The molecule has 0 spiro atoms. The van der Waals surface area contributed by atoms with E-state index in [9.17, 15) is 4.79 Å². The van der Waals surface area contributed by atoms with Gasteiger partial charge in [0, 0.05) is 16.3 Å². The predicted octanol–water partition coefficient (Wildman–Crippen LogP) is 2.97. The molecule has 5 heteroatoms. The molecule has 2 aromatic carbocycles. The average molecular weight is 295 g/mol. The van der Waals surface area contributed by atoms with Crippen molar-refractivity contribution in [2.75, 3.05) is 16.8 Å². The fraction of sp³-hybridized carbons (Fsp3) is 0.125. The van der Waals surface area contributed by atoms with Gasteiger partial charge in [-0.1, -0.05) is 18.2 Å². The van der Waals surface area contributed by atoms with Crippen molar-refractivity contribution in [1.82, 2.24) is 0 Å². The van der Waals surface area contributed by atoms with Gasteiger partial charge in [0.25, 0.3) is 0 Å². The molecule has 3 rings (SSSR count). The van der Waals surface area contributed by atoms with Crippen molar-refractivity contribution in [2.45, 2.75) is 10.8 Å². The smallest absolute Gasteiger partial charge is 0.232 e. The first-order chi connectivity index (χ1) is 10.2. The summed E-state index contributed by atoms with van der Waals surface area (Å²) in [5.74, 6) is 0.450. The van der Waals surface area contributed by atoms with Gasteiger partial charge >= 0.3 is 0 Å². The van der Waals surface area contributed by atoms with Crippen molar-refractivity contribution in [1.29, 1.82) is 5.26 Å². The minimum absolute atomic E-state index is 0.0891. The molecule has 0 saturated carbocycles. The van der Waals surface area contributed by atoms with E-state index >= 15 is 0 Å². The third kappa shape index (κ3) is 2.58. The number of hydrogen-bond acceptors (Lipinski definition) is 4. The normalized spacial score (nSPS) is 16.0. The molecular weight excluding hydrogens is 282 g/mol. The molecule has 0 saturated heterocycles. The van der Waals surface area contributed by atoms with Crippen molar-refractivity contribution in [3.8, 4) is 6.07 Å². The van der Waals surface area contributed by atoms with E-state index in [1.54, 1.807) is 30.0 Å². The number of fused-ring (bicyclic) bond motifs is 1. The Labute approximate surface area is 127 Å². The molecule has 1 heterocycles. The van der Waals surface area contributed by atoms with E-state index in [1.807, 2.05) is 24.3 Å². The first kappa shape index (κ1) is 13.5. The summed E-state index contributed by atoms with van der Waals surface area (Å²) in [5, 5.41) is 12.0. The lowest BCUT2D eigenvalue weighted by Gasteiger charge is -2.13. The number of nitrogen functional groups attached to an aromatic ring is 1. The number of hydrogen-bond donors (Lipinski definition) is 2. The highest BCUT2D eigenvalue weighted by molar-refractivity contribution is 7.99. The monoisotopic (exact) mass is 295 g/mol. The number of anilines is 2. The van der Waals surface area contributed by atoms with Crippen LogP contribution < -0.4 is 11.1 Å². The fourth-order valence-corrected chi connectivity index (χ4v) is 3.59. The zero-order valence-electron chi connectivity index (χ0n) is 11.2. The Balaban J connectivity index is 1.84. The number of nitriles is 1. The number of carbonyl (C=O) groups is 1. The third-order valence-electron chi connectivity index (χ3n) is 3.44. The molecule has 1 atom stereocenters. The summed E-state index contributed by atoms with van der Waals surface area (Å²) in [5.41, 5.74) is 8.09. The number of nitrogens with one attached hydrogen (secondary N) is 1. The van der Waals surface area contributed by atoms with Crippen LogP contribution in [0, 0.1) is 11.3 Å². The lowest BCUT2D eigenvalue weighted by molar-refractivity contribution is -0.117. The van der Waals surface area contributed by atoms with Crippen molar-refractivity contribution < 1.29 is 4.79 Å². The van der Waals surface area contributed by atoms with Gasteiger partial charge in [-0.15, -0.1) is 11.8 Å². The molecule has 0 radical (unpaired) electrons. The molecule has 104 valence electrons. The average Bonchev–Trinajstić information content (AvgIpc) is 2.93. The summed E-state index contributed by atoms with van der Waals surface area (Å²) in [6.07, 6.45) is 0. The zero-order chi connectivity index (χ0) is 14.8. The molecular formula is C16H13N3OS. The van der Waals surface area contributed by atoms with Gasteiger partial charge in [0.05, 0.1) is 17.2 Å². The fourth-order valence-electron chi connectivity index (χ4n) is 2.36. The molecule has 0 fully saturated rings. The van der Waals surface area contributed by atoms with Crippen molar-refractivity contribution in [3.05, 3.63) is 53.6 Å². The van der Waals surface area contributed by atoms with Crippen LogP contribution >= 0.6 is 11.8 Å². The lowest BCUT2D eigenvalue weighted by Crippen LogP contribution is -2.21. The molecule has 2 aromatic rings.